The quantitative estimate of drug-likeness (QED) is 0.755. The Bertz CT molecular complexity index is 410. The van der Waals surface area contributed by atoms with Gasteiger partial charge < -0.3 is 16.6 Å². The Kier molecular flexibility index (Phi) is 4.56. The number of aliphatic hydroxyl groups excluding tert-OH is 1. The Morgan fingerprint density at radius 2 is 2.06 bits per heavy atom. The predicted octanol–water partition coefficient (Wildman–Crippen LogP) is 0.954. The van der Waals surface area contributed by atoms with E-state index in [-0.39, 0.29) is 22.2 Å². The fourth-order valence-electron chi connectivity index (χ4n) is 1.37. The van der Waals surface area contributed by atoms with E-state index in [2.05, 4.69) is 0 Å². The first kappa shape index (κ1) is 13.3. The first-order chi connectivity index (χ1) is 7.47. The number of amides is 1. The maximum Gasteiger partial charge on any atom is 0.250 e. The molecule has 1 amide bonds. The molecule has 4 nitrogen and oxygen atoms in total. The first-order valence-electron chi connectivity index (χ1n) is 4.60. The van der Waals surface area contributed by atoms with E-state index >= 15 is 0 Å². The molecule has 0 aliphatic carbocycles. The SMILES string of the molecule is NC(=O)c1c(C[C@H](N)CO)ccc(Cl)c1Cl. The molecule has 1 atom stereocenters. The fourth-order valence-corrected chi connectivity index (χ4v) is 1.81. The third-order valence-corrected chi connectivity index (χ3v) is 2.95. The van der Waals surface area contributed by atoms with Crippen LogP contribution in [0.15, 0.2) is 12.1 Å². The molecule has 0 spiro atoms. The number of hydrogen-bond acceptors (Lipinski definition) is 3. The summed E-state index contributed by atoms with van der Waals surface area (Å²) in [6, 6.07) is 2.73. The molecule has 0 bridgehead atoms. The number of benzene rings is 1. The highest BCUT2D eigenvalue weighted by molar-refractivity contribution is 6.44. The molecule has 0 radical (unpaired) electrons. The fraction of sp³-hybridized carbons (Fsp3) is 0.300. The number of halogens is 2. The summed E-state index contributed by atoms with van der Waals surface area (Å²) >= 11 is 11.7. The van der Waals surface area contributed by atoms with E-state index in [1.54, 1.807) is 12.1 Å². The number of primary amides is 1. The van der Waals surface area contributed by atoms with Crippen molar-refractivity contribution in [2.24, 2.45) is 11.5 Å². The van der Waals surface area contributed by atoms with Crippen LogP contribution in [-0.4, -0.2) is 23.7 Å². The van der Waals surface area contributed by atoms with Gasteiger partial charge in [0.25, 0.3) is 5.91 Å². The van der Waals surface area contributed by atoms with Crippen LogP contribution >= 0.6 is 23.2 Å². The van der Waals surface area contributed by atoms with Gasteiger partial charge in [-0.1, -0.05) is 29.3 Å². The second kappa shape index (κ2) is 5.50. The number of aliphatic hydroxyl groups is 1. The van der Waals surface area contributed by atoms with Crippen LogP contribution in [0.4, 0.5) is 0 Å². The molecule has 1 aromatic rings. The molecular formula is C10H12Cl2N2O2. The van der Waals surface area contributed by atoms with Crippen LogP contribution in [0, 0.1) is 0 Å². The van der Waals surface area contributed by atoms with Crippen LogP contribution in [-0.2, 0) is 6.42 Å². The van der Waals surface area contributed by atoms with Crippen LogP contribution in [0.1, 0.15) is 15.9 Å². The Hall–Kier alpha value is -0.810. The average Bonchev–Trinajstić information content (AvgIpc) is 2.23. The smallest absolute Gasteiger partial charge is 0.250 e. The zero-order chi connectivity index (χ0) is 12.3. The summed E-state index contributed by atoms with van der Waals surface area (Å²) in [6.07, 6.45) is 0.311. The number of rotatable bonds is 4. The normalized spacial score (nSPS) is 12.5. The monoisotopic (exact) mass is 262 g/mol. The summed E-state index contributed by atoms with van der Waals surface area (Å²) in [6.45, 7) is -0.182. The molecule has 0 fully saturated rings. The molecule has 6 heteroatoms. The van der Waals surface area contributed by atoms with Crippen molar-refractivity contribution in [3.8, 4) is 0 Å². The molecular weight excluding hydrogens is 251 g/mol. The van der Waals surface area contributed by atoms with Crippen molar-refractivity contribution in [1.82, 2.24) is 0 Å². The van der Waals surface area contributed by atoms with E-state index in [4.69, 9.17) is 39.8 Å². The second-order valence-corrected chi connectivity index (χ2v) is 4.19. The summed E-state index contributed by atoms with van der Waals surface area (Å²) < 4.78 is 0. The summed E-state index contributed by atoms with van der Waals surface area (Å²) in [4.78, 5) is 11.2. The van der Waals surface area contributed by atoms with E-state index in [1.165, 1.54) is 0 Å². The minimum absolute atomic E-state index is 0.122. The largest absolute Gasteiger partial charge is 0.395 e. The van der Waals surface area contributed by atoms with Gasteiger partial charge >= 0.3 is 0 Å². The Morgan fingerprint density at radius 1 is 1.44 bits per heavy atom. The molecule has 1 aromatic carbocycles. The van der Waals surface area contributed by atoms with Crippen molar-refractivity contribution in [2.45, 2.75) is 12.5 Å². The zero-order valence-electron chi connectivity index (χ0n) is 8.41. The predicted molar refractivity (Wildman–Crippen MR) is 63.7 cm³/mol. The van der Waals surface area contributed by atoms with E-state index < -0.39 is 11.9 Å². The summed E-state index contributed by atoms with van der Waals surface area (Å²) in [7, 11) is 0. The van der Waals surface area contributed by atoms with Crippen molar-refractivity contribution in [3.63, 3.8) is 0 Å². The number of carbonyl (C=O) groups is 1. The Balaban J connectivity index is 3.18. The number of carbonyl (C=O) groups excluding carboxylic acids is 1. The minimum Gasteiger partial charge on any atom is -0.395 e. The topological polar surface area (TPSA) is 89.3 Å². The van der Waals surface area contributed by atoms with E-state index in [0.29, 0.717) is 12.0 Å². The lowest BCUT2D eigenvalue weighted by Crippen LogP contribution is -2.28. The second-order valence-electron chi connectivity index (χ2n) is 3.41. The number of hydrogen-bond donors (Lipinski definition) is 3. The van der Waals surface area contributed by atoms with Crippen molar-refractivity contribution >= 4 is 29.1 Å². The van der Waals surface area contributed by atoms with Gasteiger partial charge in [0.1, 0.15) is 0 Å². The Labute approximate surface area is 103 Å². The summed E-state index contributed by atoms with van der Waals surface area (Å²) in [5.41, 5.74) is 11.6. The van der Waals surface area contributed by atoms with Crippen LogP contribution in [0.25, 0.3) is 0 Å². The van der Waals surface area contributed by atoms with Crippen molar-refractivity contribution in [1.29, 1.82) is 0 Å². The van der Waals surface area contributed by atoms with Gasteiger partial charge in [-0.15, -0.1) is 0 Å². The van der Waals surface area contributed by atoms with Gasteiger partial charge in [-0.2, -0.15) is 0 Å². The highest BCUT2D eigenvalue weighted by Gasteiger charge is 2.17. The molecule has 1 rings (SSSR count). The van der Waals surface area contributed by atoms with Gasteiger partial charge in [-0.25, -0.2) is 0 Å². The third kappa shape index (κ3) is 2.86. The van der Waals surface area contributed by atoms with Crippen LogP contribution in [0.5, 0.6) is 0 Å². The highest BCUT2D eigenvalue weighted by atomic mass is 35.5. The lowest BCUT2D eigenvalue weighted by Gasteiger charge is -2.13. The van der Waals surface area contributed by atoms with Crippen LogP contribution in [0.2, 0.25) is 10.0 Å². The first-order valence-corrected chi connectivity index (χ1v) is 5.36. The number of nitrogens with two attached hydrogens (primary N) is 2. The van der Waals surface area contributed by atoms with Crippen molar-refractivity contribution in [3.05, 3.63) is 33.3 Å². The third-order valence-electron chi connectivity index (χ3n) is 2.14. The maximum atomic E-state index is 11.2. The molecule has 88 valence electrons. The zero-order valence-corrected chi connectivity index (χ0v) is 9.92. The van der Waals surface area contributed by atoms with E-state index in [9.17, 15) is 4.79 Å². The average molecular weight is 263 g/mol. The molecule has 0 aromatic heterocycles. The molecule has 0 saturated heterocycles. The lowest BCUT2D eigenvalue weighted by atomic mass is 10.0. The molecule has 0 heterocycles. The van der Waals surface area contributed by atoms with Gasteiger partial charge in [0, 0.05) is 6.04 Å². The summed E-state index contributed by atoms with van der Waals surface area (Å²) in [5.74, 6) is -0.660. The molecule has 5 N–H and O–H groups in total. The van der Waals surface area contributed by atoms with Gasteiger partial charge in [-0.3, -0.25) is 4.79 Å². The van der Waals surface area contributed by atoms with Gasteiger partial charge in [-0.05, 0) is 18.1 Å². The molecule has 0 unspecified atom stereocenters. The van der Waals surface area contributed by atoms with E-state index in [1.807, 2.05) is 0 Å². The van der Waals surface area contributed by atoms with Gasteiger partial charge in [0.2, 0.25) is 0 Å². The van der Waals surface area contributed by atoms with E-state index in [0.717, 1.165) is 0 Å². The summed E-state index contributed by atoms with van der Waals surface area (Å²) in [5, 5.41) is 9.23. The Morgan fingerprint density at radius 3 is 2.56 bits per heavy atom. The maximum absolute atomic E-state index is 11.2. The van der Waals surface area contributed by atoms with Crippen molar-refractivity contribution < 1.29 is 9.90 Å². The molecule has 0 saturated carbocycles. The highest BCUT2D eigenvalue weighted by Crippen LogP contribution is 2.28. The van der Waals surface area contributed by atoms with Gasteiger partial charge in [0.05, 0.1) is 22.2 Å². The van der Waals surface area contributed by atoms with Gasteiger partial charge in [0.15, 0.2) is 0 Å². The standard InChI is InChI=1S/C10H12Cl2N2O2/c11-7-2-1-5(3-6(13)4-15)8(9(7)12)10(14)16/h1-2,6,15H,3-4,13H2,(H2,14,16)/t6-/m0/s1. The molecule has 0 aliphatic heterocycles. The molecule has 16 heavy (non-hydrogen) atoms. The van der Waals surface area contributed by atoms with Crippen molar-refractivity contribution in [2.75, 3.05) is 6.61 Å². The molecule has 0 aliphatic rings. The van der Waals surface area contributed by atoms with Crippen LogP contribution in [0.3, 0.4) is 0 Å². The minimum atomic E-state index is -0.660. The van der Waals surface area contributed by atoms with Crippen LogP contribution < -0.4 is 11.5 Å². The lowest BCUT2D eigenvalue weighted by molar-refractivity contribution is 0.0999.